The average molecular weight is 349 g/mol. The SMILES string of the molecule is CC1CN(S(=O)(=O)c2cnn(CC(F)(F)F)c2)CCN1.Cl. The van der Waals surface area contributed by atoms with E-state index in [0.717, 1.165) is 12.4 Å². The fraction of sp³-hybridized carbons (Fsp3) is 0.700. The van der Waals surface area contributed by atoms with Gasteiger partial charge in [0.1, 0.15) is 11.4 Å². The summed E-state index contributed by atoms with van der Waals surface area (Å²) in [6.45, 7) is 1.62. The number of nitrogens with zero attached hydrogens (tertiary/aromatic N) is 3. The smallest absolute Gasteiger partial charge is 0.312 e. The van der Waals surface area contributed by atoms with Crippen molar-refractivity contribution in [2.75, 3.05) is 19.6 Å². The maximum atomic E-state index is 12.3. The highest BCUT2D eigenvalue weighted by Gasteiger charge is 2.32. The molecule has 1 aromatic heterocycles. The van der Waals surface area contributed by atoms with Crippen LogP contribution in [0.1, 0.15) is 6.92 Å². The van der Waals surface area contributed by atoms with Crippen LogP contribution >= 0.6 is 12.4 Å². The lowest BCUT2D eigenvalue weighted by molar-refractivity contribution is -0.142. The molecule has 0 aromatic carbocycles. The van der Waals surface area contributed by atoms with Gasteiger partial charge < -0.3 is 5.32 Å². The lowest BCUT2D eigenvalue weighted by atomic mass is 10.3. The number of rotatable bonds is 3. The average Bonchev–Trinajstić information content (AvgIpc) is 2.75. The maximum Gasteiger partial charge on any atom is 0.408 e. The monoisotopic (exact) mass is 348 g/mol. The minimum atomic E-state index is -4.43. The Morgan fingerprint density at radius 1 is 1.48 bits per heavy atom. The van der Waals surface area contributed by atoms with Crippen molar-refractivity contribution in [2.45, 2.75) is 30.6 Å². The van der Waals surface area contributed by atoms with Gasteiger partial charge in [0.2, 0.25) is 10.0 Å². The Hall–Kier alpha value is -0.840. The summed E-state index contributed by atoms with van der Waals surface area (Å²) in [6.07, 6.45) is -2.57. The fourth-order valence-corrected chi connectivity index (χ4v) is 3.50. The second-order valence-corrected chi connectivity index (χ2v) is 6.64. The highest BCUT2D eigenvalue weighted by molar-refractivity contribution is 7.89. The number of nitrogens with one attached hydrogen (secondary N) is 1. The van der Waals surface area contributed by atoms with E-state index in [1.807, 2.05) is 6.92 Å². The standard InChI is InChI=1S/C10H15F3N4O2S.ClH/c1-8-5-17(3-2-14-8)20(18,19)9-4-15-16(6-9)7-10(11,12)13;/h4,6,8,14H,2-3,5,7H2,1H3;1H. The Kier molecular flexibility index (Phi) is 5.64. The Balaban J connectivity index is 0.00000220. The molecule has 1 aliphatic rings. The third kappa shape index (κ3) is 4.56. The normalized spacial score (nSPS) is 21.0. The van der Waals surface area contributed by atoms with E-state index in [9.17, 15) is 21.6 Å². The van der Waals surface area contributed by atoms with Gasteiger partial charge >= 0.3 is 6.18 Å². The van der Waals surface area contributed by atoms with Crippen molar-refractivity contribution in [2.24, 2.45) is 0 Å². The summed E-state index contributed by atoms with van der Waals surface area (Å²) < 4.78 is 63.1. The zero-order valence-electron chi connectivity index (χ0n) is 11.2. The summed E-state index contributed by atoms with van der Waals surface area (Å²) >= 11 is 0. The van der Waals surface area contributed by atoms with Crippen LogP contribution in [0.15, 0.2) is 17.3 Å². The second kappa shape index (κ2) is 6.51. The van der Waals surface area contributed by atoms with Crippen molar-refractivity contribution in [1.29, 1.82) is 0 Å². The van der Waals surface area contributed by atoms with Crippen molar-refractivity contribution < 1.29 is 21.6 Å². The predicted molar refractivity (Wildman–Crippen MR) is 71.8 cm³/mol. The van der Waals surface area contributed by atoms with Crippen LogP contribution in [0.3, 0.4) is 0 Å². The van der Waals surface area contributed by atoms with Crippen LogP contribution in [-0.4, -0.2) is 54.4 Å². The molecule has 1 atom stereocenters. The molecule has 2 rings (SSSR count). The van der Waals surface area contributed by atoms with Gasteiger partial charge in [-0.1, -0.05) is 0 Å². The van der Waals surface area contributed by atoms with Crippen molar-refractivity contribution in [3.05, 3.63) is 12.4 Å². The molecule has 21 heavy (non-hydrogen) atoms. The van der Waals surface area contributed by atoms with E-state index in [-0.39, 0.29) is 36.4 Å². The molecule has 0 amide bonds. The number of halogens is 4. The molecule has 11 heteroatoms. The van der Waals surface area contributed by atoms with Crippen LogP contribution in [-0.2, 0) is 16.6 Å². The van der Waals surface area contributed by atoms with Gasteiger partial charge in [0.25, 0.3) is 0 Å². The summed E-state index contributed by atoms with van der Waals surface area (Å²) in [6, 6.07) is 0.00347. The van der Waals surface area contributed by atoms with Gasteiger partial charge in [-0.05, 0) is 6.92 Å². The maximum absolute atomic E-state index is 12.3. The van der Waals surface area contributed by atoms with Gasteiger partial charge in [-0.2, -0.15) is 22.6 Å². The van der Waals surface area contributed by atoms with Crippen molar-refractivity contribution in [1.82, 2.24) is 19.4 Å². The molecule has 0 bridgehead atoms. The van der Waals surface area contributed by atoms with Crippen molar-refractivity contribution in [3.8, 4) is 0 Å². The van der Waals surface area contributed by atoms with Crippen LogP contribution in [0.25, 0.3) is 0 Å². The first-order chi connectivity index (χ1) is 9.18. The minimum Gasteiger partial charge on any atom is -0.312 e. The van der Waals surface area contributed by atoms with E-state index in [1.165, 1.54) is 4.31 Å². The number of aromatic nitrogens is 2. The van der Waals surface area contributed by atoms with Crippen LogP contribution in [0, 0.1) is 0 Å². The van der Waals surface area contributed by atoms with Crippen molar-refractivity contribution in [3.63, 3.8) is 0 Å². The second-order valence-electron chi connectivity index (χ2n) is 4.71. The Morgan fingerprint density at radius 3 is 2.71 bits per heavy atom. The topological polar surface area (TPSA) is 67.2 Å². The molecule has 1 aromatic rings. The lowest BCUT2D eigenvalue weighted by Gasteiger charge is -2.30. The Labute approximate surface area is 126 Å². The zero-order chi connectivity index (χ0) is 15.0. The molecule has 6 nitrogen and oxygen atoms in total. The molecule has 1 unspecified atom stereocenters. The van der Waals surface area contributed by atoms with Gasteiger partial charge in [0, 0.05) is 31.9 Å². The summed E-state index contributed by atoms with van der Waals surface area (Å²) in [7, 11) is -3.79. The number of hydrogen-bond acceptors (Lipinski definition) is 4. The molecular weight excluding hydrogens is 333 g/mol. The van der Waals surface area contributed by atoms with E-state index in [2.05, 4.69) is 10.4 Å². The van der Waals surface area contributed by atoms with Crippen LogP contribution in [0.2, 0.25) is 0 Å². The molecule has 0 aliphatic carbocycles. The summed E-state index contributed by atoms with van der Waals surface area (Å²) in [4.78, 5) is -0.212. The highest BCUT2D eigenvalue weighted by atomic mass is 35.5. The molecule has 0 radical (unpaired) electrons. The first-order valence-corrected chi connectivity index (χ1v) is 7.45. The van der Waals surface area contributed by atoms with E-state index in [1.54, 1.807) is 0 Å². The van der Waals surface area contributed by atoms with Crippen LogP contribution in [0.5, 0.6) is 0 Å². The minimum absolute atomic E-state index is 0. The molecule has 1 saturated heterocycles. The van der Waals surface area contributed by atoms with Crippen molar-refractivity contribution >= 4 is 22.4 Å². The van der Waals surface area contributed by atoms with Gasteiger partial charge in [0.05, 0.1) is 6.20 Å². The third-order valence-corrected chi connectivity index (χ3v) is 4.74. The van der Waals surface area contributed by atoms with E-state index in [4.69, 9.17) is 0 Å². The largest absolute Gasteiger partial charge is 0.408 e. The van der Waals surface area contributed by atoms with Gasteiger partial charge in [-0.3, -0.25) is 4.68 Å². The molecule has 1 fully saturated rings. The molecule has 1 N–H and O–H groups in total. The number of sulfonamides is 1. The third-order valence-electron chi connectivity index (χ3n) is 2.92. The van der Waals surface area contributed by atoms with Gasteiger partial charge in [-0.25, -0.2) is 8.42 Å². The van der Waals surface area contributed by atoms with E-state index < -0.39 is 22.7 Å². The van der Waals surface area contributed by atoms with E-state index in [0.29, 0.717) is 11.2 Å². The van der Waals surface area contributed by atoms with Gasteiger partial charge in [0.15, 0.2) is 0 Å². The predicted octanol–water partition coefficient (Wildman–Crippen LogP) is 0.850. The van der Waals surface area contributed by atoms with Crippen LogP contribution in [0.4, 0.5) is 13.2 Å². The van der Waals surface area contributed by atoms with Crippen LogP contribution < -0.4 is 5.32 Å². The molecule has 0 spiro atoms. The zero-order valence-corrected chi connectivity index (χ0v) is 12.8. The number of hydrogen-bond donors (Lipinski definition) is 1. The van der Waals surface area contributed by atoms with E-state index >= 15 is 0 Å². The number of alkyl halides is 3. The molecule has 2 heterocycles. The molecule has 0 saturated carbocycles. The summed E-state index contributed by atoms with van der Waals surface area (Å²) in [5.41, 5.74) is 0. The molecular formula is C10H16ClF3N4O2S. The Bertz CT molecular complexity index is 575. The summed E-state index contributed by atoms with van der Waals surface area (Å²) in [5.74, 6) is 0. The highest BCUT2D eigenvalue weighted by Crippen LogP contribution is 2.20. The van der Waals surface area contributed by atoms with Gasteiger partial charge in [-0.15, -0.1) is 12.4 Å². The first-order valence-electron chi connectivity index (χ1n) is 6.01. The quantitative estimate of drug-likeness (QED) is 0.879. The molecule has 1 aliphatic heterocycles. The fourth-order valence-electron chi connectivity index (χ4n) is 2.01. The molecule has 122 valence electrons. The number of piperazine rings is 1. The Morgan fingerprint density at radius 2 is 2.14 bits per heavy atom. The lowest BCUT2D eigenvalue weighted by Crippen LogP contribution is -2.51. The summed E-state index contributed by atoms with van der Waals surface area (Å²) in [5, 5.41) is 6.55. The first kappa shape index (κ1) is 18.2.